The van der Waals surface area contributed by atoms with Crippen molar-refractivity contribution in [3.05, 3.63) is 140 Å². The fourth-order valence-electron chi connectivity index (χ4n) is 6.31. The fourth-order valence-corrected chi connectivity index (χ4v) is 6.31. The van der Waals surface area contributed by atoms with Crippen molar-refractivity contribution in [2.75, 3.05) is 26.4 Å². The highest BCUT2D eigenvalue weighted by molar-refractivity contribution is 6.18. The number of hydrogen-bond donors (Lipinski definition) is 0. The van der Waals surface area contributed by atoms with Gasteiger partial charge in [-0.1, -0.05) is 0 Å². The molecule has 4 aromatic carbocycles. The van der Waals surface area contributed by atoms with Crippen LogP contribution in [0, 0.1) is 5.41 Å². The molecular formula is C41H20O20. The molecule has 0 saturated heterocycles. The largest absolute Gasteiger partial charge is 0.461 e. The zero-order valence-electron chi connectivity index (χ0n) is 30.4. The lowest BCUT2D eigenvalue weighted by Crippen LogP contribution is -2.44. The van der Waals surface area contributed by atoms with Crippen molar-refractivity contribution >= 4 is 71.6 Å². The van der Waals surface area contributed by atoms with Crippen LogP contribution >= 0.6 is 0 Å². The normalized spacial score (nSPS) is 14.6. The second kappa shape index (κ2) is 14.9. The Bertz CT molecular complexity index is 2410. The van der Waals surface area contributed by atoms with Crippen molar-refractivity contribution in [3.8, 4) is 0 Å². The van der Waals surface area contributed by atoms with Gasteiger partial charge in [0, 0.05) is 0 Å². The number of cyclic esters (lactones) is 8. The van der Waals surface area contributed by atoms with Crippen molar-refractivity contribution < 1.29 is 95.4 Å². The van der Waals surface area contributed by atoms with E-state index in [1.165, 1.54) is 0 Å². The number of hydrogen-bond acceptors (Lipinski definition) is 20. The molecule has 0 bridgehead atoms. The van der Waals surface area contributed by atoms with Gasteiger partial charge in [0.1, 0.15) is 31.8 Å². The van der Waals surface area contributed by atoms with Gasteiger partial charge in [0.15, 0.2) is 0 Å². The summed E-state index contributed by atoms with van der Waals surface area (Å²) in [6.45, 7) is -3.61. The van der Waals surface area contributed by atoms with Gasteiger partial charge in [-0.3, -0.25) is 0 Å². The van der Waals surface area contributed by atoms with Crippen molar-refractivity contribution in [3.63, 3.8) is 0 Å². The number of carbonyl (C=O) groups is 12. The monoisotopic (exact) mass is 832 g/mol. The van der Waals surface area contributed by atoms with Crippen molar-refractivity contribution in [2.45, 2.75) is 0 Å². The summed E-state index contributed by atoms with van der Waals surface area (Å²) in [6.07, 6.45) is 0. The number of fused-ring (bicyclic) bond motifs is 4. The molecule has 0 N–H and O–H groups in total. The molecule has 0 radical (unpaired) electrons. The van der Waals surface area contributed by atoms with Crippen LogP contribution in [-0.4, -0.2) is 98.1 Å². The lowest BCUT2D eigenvalue weighted by atomic mass is 9.91. The molecule has 4 heterocycles. The highest BCUT2D eigenvalue weighted by Crippen LogP contribution is 2.29. The summed E-state index contributed by atoms with van der Waals surface area (Å²) in [4.78, 5) is 150. The van der Waals surface area contributed by atoms with E-state index in [0.717, 1.165) is 72.8 Å². The van der Waals surface area contributed by atoms with E-state index in [1.807, 2.05) is 0 Å². The Balaban J connectivity index is 1.11. The first-order valence-electron chi connectivity index (χ1n) is 17.4. The van der Waals surface area contributed by atoms with Gasteiger partial charge in [0.05, 0.1) is 66.8 Å². The van der Waals surface area contributed by atoms with Gasteiger partial charge in [-0.15, -0.1) is 0 Å². The van der Waals surface area contributed by atoms with E-state index in [-0.39, 0.29) is 66.8 Å². The minimum absolute atomic E-state index is 0.126. The molecule has 0 spiro atoms. The van der Waals surface area contributed by atoms with E-state index in [9.17, 15) is 57.5 Å². The van der Waals surface area contributed by atoms with Crippen LogP contribution in [0.2, 0.25) is 0 Å². The Hall–Kier alpha value is -8.68. The topological polar surface area (TPSA) is 279 Å². The number of rotatable bonds is 12. The number of benzene rings is 4. The third-order valence-corrected chi connectivity index (χ3v) is 9.56. The van der Waals surface area contributed by atoms with Crippen LogP contribution in [0.1, 0.15) is 124 Å². The maximum Gasteiger partial charge on any atom is 0.346 e. The van der Waals surface area contributed by atoms with Crippen LogP contribution < -0.4 is 0 Å². The average molecular weight is 833 g/mol. The Kier molecular flexibility index (Phi) is 9.58. The summed E-state index contributed by atoms with van der Waals surface area (Å²) < 4.78 is 40.4. The van der Waals surface area contributed by atoms with E-state index in [1.54, 1.807) is 0 Å². The van der Waals surface area contributed by atoms with Gasteiger partial charge in [0.2, 0.25) is 0 Å². The Morgan fingerprint density at radius 3 is 0.738 bits per heavy atom. The van der Waals surface area contributed by atoms with Crippen LogP contribution in [0.4, 0.5) is 0 Å². The summed E-state index contributed by atoms with van der Waals surface area (Å²) in [5, 5.41) is 0. The molecule has 0 aliphatic carbocycles. The molecule has 20 heteroatoms. The van der Waals surface area contributed by atoms with E-state index in [0.29, 0.717) is 0 Å². The molecule has 8 rings (SSSR count). The standard InChI is InChI=1S/C41H20O20/c42-29(17-1-5-21-25(9-17)37(50)58-33(21)46)54-13-41(14-55-30(43)18-2-6-22-26(10-18)38(51)59-34(22)47,15-56-31(44)19-3-7-23-27(11-19)39(52)60-35(23)48)16-57-32(45)20-4-8-24-28(12-20)40(53)61-36(24)49/h1-12H,13-16H2. The third-order valence-electron chi connectivity index (χ3n) is 9.56. The van der Waals surface area contributed by atoms with Gasteiger partial charge >= 0.3 is 71.6 Å². The molecule has 304 valence electrons. The first-order chi connectivity index (χ1) is 29.1. The molecule has 4 aromatic rings. The number of ether oxygens (including phenoxy) is 8. The Morgan fingerprint density at radius 2 is 0.525 bits per heavy atom. The maximum atomic E-state index is 13.5. The van der Waals surface area contributed by atoms with Crippen molar-refractivity contribution in [1.29, 1.82) is 0 Å². The minimum Gasteiger partial charge on any atom is -0.461 e. The van der Waals surface area contributed by atoms with E-state index < -0.39 is 103 Å². The van der Waals surface area contributed by atoms with Crippen LogP contribution in [0.25, 0.3) is 0 Å². The SMILES string of the molecule is O=C(OCC(COC(=O)c1ccc2c(c1)C(=O)OC2=O)(COC(=O)c1ccc2c(c1)C(=O)OC2=O)COC(=O)c1ccc2c(c1)C(=O)OC2=O)c1ccc2c(c1)C(=O)OC2=O. The first-order valence-corrected chi connectivity index (χ1v) is 17.4. The van der Waals surface area contributed by atoms with Crippen LogP contribution in [0.3, 0.4) is 0 Å². The second-order valence-electron chi connectivity index (χ2n) is 13.6. The molecule has 4 aliphatic rings. The van der Waals surface area contributed by atoms with E-state index >= 15 is 0 Å². The molecule has 0 amide bonds. The van der Waals surface area contributed by atoms with Gasteiger partial charge in [-0.05, 0) is 72.8 Å². The maximum absolute atomic E-state index is 13.5. The number of carbonyl (C=O) groups excluding carboxylic acids is 12. The minimum atomic E-state index is -2.05. The van der Waals surface area contributed by atoms with E-state index in [4.69, 9.17) is 18.9 Å². The molecule has 0 saturated carbocycles. The van der Waals surface area contributed by atoms with Gasteiger partial charge < -0.3 is 37.9 Å². The predicted octanol–water partition coefficient (Wildman–Crippen LogP) is 2.64. The summed E-state index contributed by atoms with van der Waals surface area (Å²) in [6, 6.07) is 13.2. The van der Waals surface area contributed by atoms with Crippen LogP contribution in [0.15, 0.2) is 72.8 Å². The molecule has 61 heavy (non-hydrogen) atoms. The van der Waals surface area contributed by atoms with E-state index in [2.05, 4.69) is 18.9 Å². The fraction of sp³-hybridized carbons (Fsp3) is 0.122. The highest BCUT2D eigenvalue weighted by atomic mass is 16.6. The number of esters is 12. The highest BCUT2D eigenvalue weighted by Gasteiger charge is 2.41. The second-order valence-corrected chi connectivity index (χ2v) is 13.6. The van der Waals surface area contributed by atoms with Crippen molar-refractivity contribution in [1.82, 2.24) is 0 Å². The van der Waals surface area contributed by atoms with Crippen molar-refractivity contribution in [2.24, 2.45) is 5.41 Å². The summed E-state index contributed by atoms with van der Waals surface area (Å²) in [5.41, 5.74) is -4.64. The molecule has 0 fully saturated rings. The summed E-state index contributed by atoms with van der Waals surface area (Å²) in [5.74, 6) is -12.5. The van der Waals surface area contributed by atoms with Gasteiger partial charge in [-0.25, -0.2) is 57.5 Å². The molecule has 4 aliphatic heterocycles. The molecule has 20 nitrogen and oxygen atoms in total. The summed E-state index contributed by atoms with van der Waals surface area (Å²) in [7, 11) is 0. The van der Waals surface area contributed by atoms with Gasteiger partial charge in [0.25, 0.3) is 0 Å². The summed E-state index contributed by atoms with van der Waals surface area (Å²) >= 11 is 0. The average Bonchev–Trinajstić information content (AvgIpc) is 3.92. The predicted molar refractivity (Wildman–Crippen MR) is 188 cm³/mol. The zero-order chi connectivity index (χ0) is 43.3. The quantitative estimate of drug-likeness (QED) is 0.113. The van der Waals surface area contributed by atoms with Crippen LogP contribution in [0.5, 0.6) is 0 Å². The smallest absolute Gasteiger partial charge is 0.346 e. The third kappa shape index (κ3) is 7.24. The Labute approximate surface area is 338 Å². The zero-order valence-corrected chi connectivity index (χ0v) is 30.4. The molecule has 0 atom stereocenters. The molecule has 0 aromatic heterocycles. The van der Waals surface area contributed by atoms with Gasteiger partial charge in [-0.2, -0.15) is 0 Å². The Morgan fingerprint density at radius 1 is 0.328 bits per heavy atom. The lowest BCUT2D eigenvalue weighted by Gasteiger charge is -2.31. The first kappa shape index (κ1) is 39.2. The van der Waals surface area contributed by atoms with Crippen LogP contribution in [-0.2, 0) is 37.9 Å². The molecule has 0 unspecified atom stereocenters. The molecular weight excluding hydrogens is 812 g/mol. The lowest BCUT2D eigenvalue weighted by molar-refractivity contribution is -0.0642.